The van der Waals surface area contributed by atoms with Gasteiger partial charge in [0.1, 0.15) is 19.0 Å². The summed E-state index contributed by atoms with van der Waals surface area (Å²) in [4.78, 5) is 8.25. The lowest BCUT2D eigenvalue weighted by molar-refractivity contribution is 0.171. The van der Waals surface area contributed by atoms with Crippen LogP contribution < -0.4 is 14.8 Å². The molecule has 7 nitrogen and oxygen atoms in total. The fraction of sp³-hybridized carbons (Fsp3) is 0.154. The highest BCUT2D eigenvalue weighted by Gasteiger charge is 2.13. The van der Waals surface area contributed by atoms with Gasteiger partial charge in [0.15, 0.2) is 17.1 Å². The van der Waals surface area contributed by atoms with Crippen LogP contribution in [0.3, 0.4) is 0 Å². The highest BCUT2D eigenvalue weighted by Crippen LogP contribution is 2.34. The van der Waals surface area contributed by atoms with Gasteiger partial charge in [0.05, 0.1) is 11.6 Å². The summed E-state index contributed by atoms with van der Waals surface area (Å²) in [5, 5.41) is 10.8. The molecule has 8 heteroatoms. The van der Waals surface area contributed by atoms with Gasteiger partial charge in [0, 0.05) is 11.8 Å². The molecule has 1 aromatic carbocycles. The van der Waals surface area contributed by atoms with E-state index in [0.29, 0.717) is 30.4 Å². The van der Waals surface area contributed by atoms with Crippen molar-refractivity contribution in [2.75, 3.05) is 18.5 Å². The third-order valence-electron chi connectivity index (χ3n) is 3.09. The van der Waals surface area contributed by atoms with Crippen LogP contribution in [-0.2, 0) is 0 Å². The molecule has 0 spiro atoms. The van der Waals surface area contributed by atoms with E-state index in [0.717, 1.165) is 16.8 Å². The fourth-order valence-corrected chi connectivity index (χ4v) is 2.33. The Morgan fingerprint density at radius 1 is 1.14 bits per heavy atom. The van der Waals surface area contributed by atoms with Gasteiger partial charge in [-0.3, -0.25) is 5.10 Å². The van der Waals surface area contributed by atoms with Crippen LogP contribution in [0.5, 0.6) is 11.5 Å². The average molecular weight is 304 g/mol. The molecule has 4 rings (SSSR count). The monoisotopic (exact) mass is 303 g/mol. The van der Waals surface area contributed by atoms with E-state index in [4.69, 9.17) is 21.1 Å². The normalized spacial score (nSPS) is 13.4. The number of aromatic amines is 1. The summed E-state index contributed by atoms with van der Waals surface area (Å²) < 4.78 is 11.0. The Hall–Kier alpha value is -2.54. The standard InChI is InChI=1S/C13H10ClN5O2/c14-13-17-11(8-6-15-19-12(8)18-13)16-7-1-2-9-10(5-7)21-4-3-20-9/h1-2,5-6H,3-4H2,(H2,15,16,17,18,19). The molecule has 21 heavy (non-hydrogen) atoms. The Labute approximate surface area is 124 Å². The molecule has 3 aromatic rings. The number of hydrogen-bond acceptors (Lipinski definition) is 6. The Bertz CT molecular complexity index is 819. The largest absolute Gasteiger partial charge is 0.486 e. The number of anilines is 2. The number of H-pyrrole nitrogens is 1. The molecule has 0 unspecified atom stereocenters. The molecule has 106 valence electrons. The number of fused-ring (bicyclic) bond motifs is 2. The predicted octanol–water partition coefficient (Wildman–Crippen LogP) is 2.52. The van der Waals surface area contributed by atoms with Gasteiger partial charge in [-0.25, -0.2) is 0 Å². The number of aromatic nitrogens is 4. The molecule has 3 heterocycles. The summed E-state index contributed by atoms with van der Waals surface area (Å²) in [6, 6.07) is 5.60. The maximum Gasteiger partial charge on any atom is 0.226 e. The maximum absolute atomic E-state index is 5.91. The first-order valence-corrected chi connectivity index (χ1v) is 6.71. The molecule has 0 bridgehead atoms. The van der Waals surface area contributed by atoms with Crippen molar-refractivity contribution >= 4 is 34.1 Å². The van der Waals surface area contributed by atoms with Gasteiger partial charge in [0.2, 0.25) is 5.28 Å². The van der Waals surface area contributed by atoms with Crippen LogP contribution in [0.1, 0.15) is 0 Å². The summed E-state index contributed by atoms with van der Waals surface area (Å²) >= 11 is 5.91. The zero-order valence-corrected chi connectivity index (χ0v) is 11.5. The van der Waals surface area contributed by atoms with Gasteiger partial charge < -0.3 is 14.8 Å². The molecular formula is C13H10ClN5O2. The minimum atomic E-state index is 0.145. The van der Waals surface area contributed by atoms with Crippen LogP contribution in [0.25, 0.3) is 11.0 Å². The molecule has 1 aliphatic rings. The number of halogens is 1. The van der Waals surface area contributed by atoms with Crippen molar-refractivity contribution in [2.24, 2.45) is 0 Å². The summed E-state index contributed by atoms with van der Waals surface area (Å²) in [5.41, 5.74) is 1.39. The first-order valence-electron chi connectivity index (χ1n) is 6.33. The molecular weight excluding hydrogens is 294 g/mol. The maximum atomic E-state index is 5.91. The highest BCUT2D eigenvalue weighted by atomic mass is 35.5. The lowest BCUT2D eigenvalue weighted by Gasteiger charge is -2.19. The molecule has 0 radical (unpaired) electrons. The van der Waals surface area contributed by atoms with Gasteiger partial charge >= 0.3 is 0 Å². The SMILES string of the molecule is Clc1nc(Nc2ccc3c(c2)OCCO3)c2cn[nH]c2n1. The van der Waals surface area contributed by atoms with Gasteiger partial charge in [-0.1, -0.05) is 0 Å². The van der Waals surface area contributed by atoms with Crippen LogP contribution in [0, 0.1) is 0 Å². The van der Waals surface area contributed by atoms with Crippen molar-refractivity contribution in [3.8, 4) is 11.5 Å². The first-order chi connectivity index (χ1) is 10.3. The molecule has 1 aliphatic heterocycles. The Morgan fingerprint density at radius 3 is 2.90 bits per heavy atom. The predicted molar refractivity (Wildman–Crippen MR) is 77.4 cm³/mol. The number of hydrogen-bond donors (Lipinski definition) is 2. The van der Waals surface area contributed by atoms with Crippen LogP contribution in [-0.4, -0.2) is 33.4 Å². The number of ether oxygens (including phenoxy) is 2. The van der Waals surface area contributed by atoms with E-state index >= 15 is 0 Å². The third kappa shape index (κ3) is 2.21. The zero-order valence-electron chi connectivity index (χ0n) is 10.8. The second-order valence-corrected chi connectivity index (χ2v) is 4.80. The highest BCUT2D eigenvalue weighted by molar-refractivity contribution is 6.28. The summed E-state index contributed by atoms with van der Waals surface area (Å²) in [5.74, 6) is 2.02. The van der Waals surface area contributed by atoms with E-state index in [1.165, 1.54) is 0 Å². The van der Waals surface area contributed by atoms with E-state index in [1.807, 2.05) is 18.2 Å². The Morgan fingerprint density at radius 2 is 2.00 bits per heavy atom. The van der Waals surface area contributed by atoms with Crippen molar-refractivity contribution < 1.29 is 9.47 Å². The van der Waals surface area contributed by atoms with Gasteiger partial charge in [-0.15, -0.1) is 0 Å². The molecule has 2 aromatic heterocycles. The quantitative estimate of drug-likeness (QED) is 0.708. The molecule has 0 atom stereocenters. The van der Waals surface area contributed by atoms with Gasteiger partial charge in [0.25, 0.3) is 0 Å². The second-order valence-electron chi connectivity index (χ2n) is 4.46. The minimum Gasteiger partial charge on any atom is -0.486 e. The van der Waals surface area contributed by atoms with Crippen molar-refractivity contribution in [1.82, 2.24) is 20.2 Å². The first kappa shape index (κ1) is 12.2. The number of nitrogens with one attached hydrogen (secondary N) is 2. The van der Waals surface area contributed by atoms with E-state index in [9.17, 15) is 0 Å². The lowest BCUT2D eigenvalue weighted by Crippen LogP contribution is -2.15. The molecule has 0 saturated heterocycles. The third-order valence-corrected chi connectivity index (χ3v) is 3.26. The van der Waals surface area contributed by atoms with Crippen LogP contribution in [0.4, 0.5) is 11.5 Å². The van der Waals surface area contributed by atoms with Gasteiger partial charge in [-0.05, 0) is 23.7 Å². The fourth-order valence-electron chi connectivity index (χ4n) is 2.16. The molecule has 0 amide bonds. The zero-order chi connectivity index (χ0) is 14.2. The van der Waals surface area contributed by atoms with E-state index < -0.39 is 0 Å². The smallest absolute Gasteiger partial charge is 0.226 e. The van der Waals surface area contributed by atoms with Crippen molar-refractivity contribution in [3.05, 3.63) is 29.7 Å². The van der Waals surface area contributed by atoms with Crippen molar-refractivity contribution in [1.29, 1.82) is 0 Å². The molecule has 0 fully saturated rings. The number of rotatable bonds is 2. The number of benzene rings is 1. The van der Waals surface area contributed by atoms with E-state index in [2.05, 4.69) is 25.5 Å². The Balaban J connectivity index is 1.72. The van der Waals surface area contributed by atoms with E-state index in [1.54, 1.807) is 6.20 Å². The molecule has 0 aliphatic carbocycles. The molecule has 0 saturated carbocycles. The van der Waals surface area contributed by atoms with Gasteiger partial charge in [-0.2, -0.15) is 15.1 Å². The summed E-state index contributed by atoms with van der Waals surface area (Å²) in [6.07, 6.45) is 1.64. The lowest BCUT2D eigenvalue weighted by atomic mass is 10.2. The topological polar surface area (TPSA) is 85.0 Å². The van der Waals surface area contributed by atoms with Crippen LogP contribution >= 0.6 is 11.6 Å². The number of nitrogens with zero attached hydrogens (tertiary/aromatic N) is 3. The Kier molecular flexibility index (Phi) is 2.78. The molecule has 2 N–H and O–H groups in total. The summed E-state index contributed by atoms with van der Waals surface area (Å²) in [6.45, 7) is 1.11. The average Bonchev–Trinajstić information content (AvgIpc) is 2.95. The second kappa shape index (κ2) is 4.78. The van der Waals surface area contributed by atoms with Crippen molar-refractivity contribution in [3.63, 3.8) is 0 Å². The minimum absolute atomic E-state index is 0.145. The van der Waals surface area contributed by atoms with Crippen LogP contribution in [0.15, 0.2) is 24.4 Å². The summed E-state index contributed by atoms with van der Waals surface area (Å²) in [7, 11) is 0. The van der Waals surface area contributed by atoms with E-state index in [-0.39, 0.29) is 5.28 Å². The van der Waals surface area contributed by atoms with Crippen LogP contribution in [0.2, 0.25) is 5.28 Å². The van der Waals surface area contributed by atoms with Crippen molar-refractivity contribution in [2.45, 2.75) is 0 Å².